The molecule has 0 spiro atoms. The summed E-state index contributed by atoms with van der Waals surface area (Å²) in [7, 11) is 1.60. The van der Waals surface area contributed by atoms with Gasteiger partial charge in [-0.2, -0.15) is 5.10 Å². The molecule has 1 unspecified atom stereocenters. The van der Waals surface area contributed by atoms with Crippen LogP contribution in [-0.2, 0) is 9.59 Å². The van der Waals surface area contributed by atoms with Gasteiger partial charge in [0.05, 0.1) is 24.8 Å². The Morgan fingerprint density at radius 2 is 1.89 bits per heavy atom. The van der Waals surface area contributed by atoms with Crippen molar-refractivity contribution in [1.82, 2.24) is 5.01 Å². The molecule has 9 heteroatoms. The summed E-state index contributed by atoms with van der Waals surface area (Å²) < 4.78 is 16.6. The van der Waals surface area contributed by atoms with Crippen LogP contribution in [0.15, 0.2) is 70.4 Å². The smallest absolute Gasteiger partial charge is 0.281 e. The molecule has 2 aromatic carbocycles. The van der Waals surface area contributed by atoms with Crippen LogP contribution in [0.3, 0.4) is 0 Å². The van der Waals surface area contributed by atoms with Crippen molar-refractivity contribution < 1.29 is 28.3 Å². The Hall–Kier alpha value is -4.40. The lowest BCUT2D eigenvalue weighted by atomic mass is 10.0. The number of nitrogens with zero attached hydrogens (tertiary/aromatic N) is 2. The van der Waals surface area contributed by atoms with Gasteiger partial charge < -0.3 is 19.2 Å². The lowest BCUT2D eigenvalue weighted by Crippen LogP contribution is -2.31. The van der Waals surface area contributed by atoms with Crippen LogP contribution in [0, 0.1) is 0 Å². The second-order valence-corrected chi connectivity index (χ2v) is 7.99. The number of hydrazone groups is 1. The predicted octanol–water partition coefficient (Wildman–Crippen LogP) is 4.21. The highest BCUT2D eigenvalue weighted by Gasteiger charge is 2.35. The number of anilines is 1. The molecule has 3 aromatic rings. The number of Topliss-reactive ketones (excluding diaryl/α,β-unsaturated/α-hetero) is 1. The Morgan fingerprint density at radius 3 is 2.51 bits per heavy atom. The zero-order chi connectivity index (χ0) is 24.9. The van der Waals surface area contributed by atoms with Gasteiger partial charge in [-0.3, -0.25) is 14.4 Å². The third kappa shape index (κ3) is 5.40. The van der Waals surface area contributed by atoms with Crippen LogP contribution in [-0.4, -0.2) is 42.0 Å². The summed E-state index contributed by atoms with van der Waals surface area (Å²) in [6.45, 7) is 2.43. The van der Waals surface area contributed by atoms with E-state index in [-0.39, 0.29) is 24.0 Å². The summed E-state index contributed by atoms with van der Waals surface area (Å²) in [6, 6.07) is 15.2. The number of benzene rings is 2. The van der Waals surface area contributed by atoms with E-state index < -0.39 is 11.9 Å². The Balaban J connectivity index is 1.57. The fraction of sp³-hybridized carbons (Fsp3) is 0.231. The number of ketones is 1. The minimum absolute atomic E-state index is 0.165. The Morgan fingerprint density at radius 1 is 1.11 bits per heavy atom. The number of ether oxygens (including phenoxy) is 2. The van der Waals surface area contributed by atoms with E-state index in [2.05, 4.69) is 10.4 Å². The van der Waals surface area contributed by atoms with Gasteiger partial charge in [0.25, 0.3) is 5.91 Å². The maximum Gasteiger partial charge on any atom is 0.281 e. The number of hydrogen-bond acceptors (Lipinski definition) is 7. The number of furan rings is 1. The van der Waals surface area contributed by atoms with Crippen LogP contribution in [0.5, 0.6) is 11.5 Å². The van der Waals surface area contributed by atoms with Crippen molar-refractivity contribution in [1.29, 1.82) is 0 Å². The second kappa shape index (κ2) is 10.3. The van der Waals surface area contributed by atoms with Gasteiger partial charge in [0.1, 0.15) is 23.3 Å². The molecule has 1 N–H and O–H groups in total. The highest BCUT2D eigenvalue weighted by Crippen LogP contribution is 2.34. The molecule has 0 saturated carbocycles. The largest absolute Gasteiger partial charge is 0.497 e. The van der Waals surface area contributed by atoms with Crippen molar-refractivity contribution in [3.63, 3.8) is 0 Å². The number of methoxy groups -OCH3 is 1. The van der Waals surface area contributed by atoms with Crippen LogP contribution < -0.4 is 14.8 Å². The topological polar surface area (TPSA) is 110 Å². The van der Waals surface area contributed by atoms with Crippen LogP contribution in [0.4, 0.5) is 5.69 Å². The van der Waals surface area contributed by atoms with Gasteiger partial charge in [0, 0.05) is 18.9 Å². The van der Waals surface area contributed by atoms with Crippen molar-refractivity contribution in [3.8, 4) is 11.5 Å². The summed E-state index contributed by atoms with van der Waals surface area (Å²) in [4.78, 5) is 36.6. The molecule has 1 atom stereocenters. The molecule has 9 nitrogen and oxygen atoms in total. The van der Waals surface area contributed by atoms with E-state index in [0.29, 0.717) is 23.4 Å². The molecule has 0 aliphatic carbocycles. The first kappa shape index (κ1) is 23.7. The SMILES string of the molecule is COc1ccc(C2=NN(C(=O)COc3cc(C(C)=O)ccc3NC(C)=O)C(c3ccco3)C2)cc1. The van der Waals surface area contributed by atoms with Gasteiger partial charge >= 0.3 is 0 Å². The van der Waals surface area contributed by atoms with Gasteiger partial charge in [-0.05, 0) is 67.1 Å². The highest BCUT2D eigenvalue weighted by atomic mass is 16.5. The third-order valence-electron chi connectivity index (χ3n) is 5.51. The maximum absolute atomic E-state index is 13.2. The fourth-order valence-electron chi connectivity index (χ4n) is 3.76. The van der Waals surface area contributed by atoms with Crippen molar-refractivity contribution in [2.45, 2.75) is 26.3 Å². The number of rotatable bonds is 8. The lowest BCUT2D eigenvalue weighted by molar-refractivity contribution is -0.135. The molecular formula is C26H25N3O6. The lowest BCUT2D eigenvalue weighted by Gasteiger charge is -2.20. The van der Waals surface area contributed by atoms with Crippen molar-refractivity contribution in [2.24, 2.45) is 5.10 Å². The van der Waals surface area contributed by atoms with Crippen LogP contribution in [0.25, 0.3) is 0 Å². The standard InChI is InChI=1S/C26H25N3O6/c1-16(30)19-8-11-21(27-17(2)31)25(13-19)35-15-26(32)29-23(24-5-4-12-34-24)14-22(28-29)18-6-9-20(33-3)10-7-18/h4-13,23H,14-15H2,1-3H3,(H,27,31). The molecule has 2 heterocycles. The summed E-state index contributed by atoms with van der Waals surface area (Å²) >= 11 is 0. The molecule has 1 aromatic heterocycles. The molecule has 0 saturated heterocycles. The Labute approximate surface area is 202 Å². The summed E-state index contributed by atoms with van der Waals surface area (Å²) in [6.07, 6.45) is 2.01. The molecule has 0 bridgehead atoms. The van der Waals surface area contributed by atoms with Crippen molar-refractivity contribution in [2.75, 3.05) is 19.0 Å². The van der Waals surface area contributed by atoms with Gasteiger partial charge in [-0.25, -0.2) is 5.01 Å². The molecule has 4 rings (SSSR count). The number of hydrogen-bond donors (Lipinski definition) is 1. The predicted molar refractivity (Wildman–Crippen MR) is 129 cm³/mol. The third-order valence-corrected chi connectivity index (χ3v) is 5.51. The molecule has 2 amide bonds. The quantitative estimate of drug-likeness (QED) is 0.489. The Bertz CT molecular complexity index is 1260. The number of carbonyl (C=O) groups is 3. The van der Waals surface area contributed by atoms with Gasteiger partial charge in [-0.1, -0.05) is 0 Å². The molecule has 35 heavy (non-hydrogen) atoms. The summed E-state index contributed by atoms with van der Waals surface area (Å²) in [5.74, 6) is 0.665. The minimum Gasteiger partial charge on any atom is -0.497 e. The normalized spacial score (nSPS) is 14.9. The average molecular weight is 476 g/mol. The fourth-order valence-corrected chi connectivity index (χ4v) is 3.76. The molecule has 1 aliphatic heterocycles. The van der Waals surface area contributed by atoms with Crippen molar-refractivity contribution >= 4 is 29.0 Å². The number of carbonyl (C=O) groups excluding carboxylic acids is 3. The first-order chi connectivity index (χ1) is 16.9. The monoisotopic (exact) mass is 475 g/mol. The van der Waals surface area contributed by atoms with Gasteiger partial charge in [0.2, 0.25) is 5.91 Å². The molecule has 0 radical (unpaired) electrons. The highest BCUT2D eigenvalue weighted by molar-refractivity contribution is 6.03. The van der Waals surface area contributed by atoms with E-state index >= 15 is 0 Å². The molecular weight excluding hydrogens is 450 g/mol. The molecule has 0 fully saturated rings. The van der Waals surface area contributed by atoms with Crippen LogP contribution in [0.2, 0.25) is 0 Å². The number of nitrogens with one attached hydrogen (secondary N) is 1. The van der Waals surface area contributed by atoms with E-state index in [4.69, 9.17) is 13.9 Å². The average Bonchev–Trinajstić information content (AvgIpc) is 3.53. The van der Waals surface area contributed by atoms with E-state index in [1.165, 1.54) is 24.9 Å². The second-order valence-electron chi connectivity index (χ2n) is 7.99. The zero-order valence-corrected chi connectivity index (χ0v) is 19.6. The minimum atomic E-state index is -0.434. The van der Waals surface area contributed by atoms with E-state index in [0.717, 1.165) is 17.0 Å². The van der Waals surface area contributed by atoms with E-state index in [1.54, 1.807) is 37.6 Å². The zero-order valence-electron chi connectivity index (χ0n) is 19.6. The van der Waals surface area contributed by atoms with E-state index in [1.807, 2.05) is 24.3 Å². The molecule has 180 valence electrons. The first-order valence-corrected chi connectivity index (χ1v) is 11.0. The molecule has 1 aliphatic rings. The first-order valence-electron chi connectivity index (χ1n) is 11.0. The van der Waals surface area contributed by atoms with Crippen LogP contribution in [0.1, 0.15) is 48.0 Å². The van der Waals surface area contributed by atoms with Gasteiger partial charge in [0.15, 0.2) is 12.4 Å². The van der Waals surface area contributed by atoms with Crippen molar-refractivity contribution in [3.05, 3.63) is 77.7 Å². The summed E-state index contributed by atoms with van der Waals surface area (Å²) in [5, 5.41) is 8.58. The van der Waals surface area contributed by atoms with Gasteiger partial charge in [-0.15, -0.1) is 0 Å². The Kier molecular flexibility index (Phi) is 6.96. The number of amides is 2. The van der Waals surface area contributed by atoms with Crippen LogP contribution >= 0.6 is 0 Å². The van der Waals surface area contributed by atoms with E-state index in [9.17, 15) is 14.4 Å². The maximum atomic E-state index is 13.2. The summed E-state index contributed by atoms with van der Waals surface area (Å²) in [5.41, 5.74) is 2.35.